The second-order valence-electron chi connectivity index (χ2n) is 5.64. The summed E-state index contributed by atoms with van der Waals surface area (Å²) in [6.07, 6.45) is 19.5. The van der Waals surface area contributed by atoms with Crippen LogP contribution in [0.2, 0.25) is 0 Å². The summed E-state index contributed by atoms with van der Waals surface area (Å²) in [5.74, 6) is 1.36. The fourth-order valence-corrected chi connectivity index (χ4v) is 2.68. The predicted molar refractivity (Wildman–Crippen MR) is 82.2 cm³/mol. The maximum absolute atomic E-state index is 3.30. The molecule has 0 fully saturated rings. The molecule has 1 N–H and O–H groups in total. The first-order valence-electron chi connectivity index (χ1n) is 8.44. The van der Waals surface area contributed by atoms with Crippen LogP contribution in [0.1, 0.15) is 83.9 Å². The molecular formula is C17H33ClN2. The van der Waals surface area contributed by atoms with Gasteiger partial charge in [0.1, 0.15) is 12.4 Å². The van der Waals surface area contributed by atoms with Crippen molar-refractivity contribution in [3.63, 3.8) is 0 Å². The topological polar surface area (TPSA) is 19.7 Å². The van der Waals surface area contributed by atoms with Crippen LogP contribution < -0.4 is 17.0 Å². The smallest absolute Gasteiger partial charge is 0.253 e. The van der Waals surface area contributed by atoms with Gasteiger partial charge in [-0.05, 0) is 12.8 Å². The molecule has 0 bridgehead atoms. The van der Waals surface area contributed by atoms with Gasteiger partial charge in [-0.3, -0.25) is 0 Å². The first-order chi connectivity index (χ1) is 9.38. The summed E-state index contributed by atoms with van der Waals surface area (Å²) in [5, 5.41) is 0. The number of rotatable bonds is 12. The zero-order valence-corrected chi connectivity index (χ0v) is 14.2. The van der Waals surface area contributed by atoms with Crippen molar-refractivity contribution in [2.75, 3.05) is 0 Å². The van der Waals surface area contributed by atoms with E-state index in [0.717, 1.165) is 6.42 Å². The number of hydrogen-bond donors (Lipinski definition) is 1. The Morgan fingerprint density at radius 1 is 0.850 bits per heavy atom. The van der Waals surface area contributed by atoms with Gasteiger partial charge in [-0.1, -0.05) is 65.2 Å². The van der Waals surface area contributed by atoms with Gasteiger partial charge in [-0.25, -0.2) is 9.55 Å². The van der Waals surface area contributed by atoms with Crippen molar-refractivity contribution >= 4 is 0 Å². The van der Waals surface area contributed by atoms with E-state index in [-0.39, 0.29) is 12.4 Å². The normalized spacial score (nSPS) is 10.5. The fourth-order valence-electron chi connectivity index (χ4n) is 2.68. The molecule has 0 aliphatic carbocycles. The van der Waals surface area contributed by atoms with Gasteiger partial charge in [-0.2, -0.15) is 0 Å². The zero-order chi connectivity index (χ0) is 13.8. The van der Waals surface area contributed by atoms with E-state index in [1.807, 2.05) is 0 Å². The van der Waals surface area contributed by atoms with Crippen molar-refractivity contribution in [2.45, 2.75) is 91.0 Å². The van der Waals surface area contributed by atoms with Crippen LogP contribution >= 0.6 is 0 Å². The lowest BCUT2D eigenvalue weighted by Gasteiger charge is -2.02. The van der Waals surface area contributed by atoms with Gasteiger partial charge < -0.3 is 12.4 Å². The van der Waals surface area contributed by atoms with Gasteiger partial charge in [0.2, 0.25) is 0 Å². The molecule has 0 radical (unpaired) electrons. The minimum absolute atomic E-state index is 0. The van der Waals surface area contributed by atoms with Crippen molar-refractivity contribution in [2.24, 2.45) is 0 Å². The molecule has 1 rings (SSSR count). The Balaban J connectivity index is 0.00000361. The lowest BCUT2D eigenvalue weighted by Crippen LogP contribution is -3.00. The number of H-pyrrole nitrogens is 1. The number of aryl methyl sites for hydroxylation is 2. The molecule has 118 valence electrons. The van der Waals surface area contributed by atoms with E-state index >= 15 is 0 Å². The standard InChI is InChI=1S/C17H32N2.ClH/c1-3-5-6-7-8-9-10-11-12-13-15-19-16-14-18-17(19)4-2;/h14,16H,3-13,15H2,1-2H3;1H. The number of aromatic nitrogens is 2. The average Bonchev–Trinajstić information content (AvgIpc) is 2.88. The van der Waals surface area contributed by atoms with Crippen LogP contribution in [0, 0.1) is 0 Å². The fraction of sp³-hybridized carbons (Fsp3) is 0.824. The van der Waals surface area contributed by atoms with E-state index in [0.29, 0.717) is 0 Å². The molecule has 1 heterocycles. The minimum Gasteiger partial charge on any atom is -1.00 e. The molecule has 2 nitrogen and oxygen atoms in total. The summed E-state index contributed by atoms with van der Waals surface area (Å²) in [6.45, 7) is 5.68. The number of hydrogen-bond acceptors (Lipinski definition) is 0. The Kier molecular flexibility index (Phi) is 13.1. The highest BCUT2D eigenvalue weighted by Crippen LogP contribution is 2.10. The van der Waals surface area contributed by atoms with Gasteiger partial charge in [0, 0.05) is 6.42 Å². The molecule has 1 aromatic heterocycles. The predicted octanol–water partition coefficient (Wildman–Crippen LogP) is 1.79. The van der Waals surface area contributed by atoms with E-state index in [2.05, 4.69) is 35.8 Å². The highest BCUT2D eigenvalue weighted by atomic mass is 35.5. The number of unbranched alkanes of at least 4 members (excludes halogenated alkanes) is 9. The minimum atomic E-state index is 0. The second kappa shape index (κ2) is 13.5. The third kappa shape index (κ3) is 8.63. The van der Waals surface area contributed by atoms with Gasteiger partial charge >= 0.3 is 0 Å². The number of nitrogens with one attached hydrogen (secondary N) is 1. The third-order valence-electron chi connectivity index (χ3n) is 3.94. The average molecular weight is 301 g/mol. The lowest BCUT2D eigenvalue weighted by atomic mass is 10.1. The maximum Gasteiger partial charge on any atom is 0.253 e. The van der Waals surface area contributed by atoms with Gasteiger partial charge in [0.25, 0.3) is 5.82 Å². The molecule has 0 saturated heterocycles. The Morgan fingerprint density at radius 3 is 1.95 bits per heavy atom. The van der Waals surface area contributed by atoms with Crippen LogP contribution in [-0.4, -0.2) is 4.98 Å². The van der Waals surface area contributed by atoms with Gasteiger partial charge in [0.15, 0.2) is 0 Å². The van der Waals surface area contributed by atoms with Crippen molar-refractivity contribution in [3.8, 4) is 0 Å². The van der Waals surface area contributed by atoms with E-state index in [1.54, 1.807) is 0 Å². The zero-order valence-electron chi connectivity index (χ0n) is 13.5. The quantitative estimate of drug-likeness (QED) is 0.449. The summed E-state index contributed by atoms with van der Waals surface area (Å²) in [7, 11) is 0. The summed E-state index contributed by atoms with van der Waals surface area (Å²) >= 11 is 0. The molecule has 3 heteroatoms. The monoisotopic (exact) mass is 300 g/mol. The van der Waals surface area contributed by atoms with Crippen LogP contribution in [-0.2, 0) is 13.0 Å². The van der Waals surface area contributed by atoms with Crippen molar-refractivity contribution in [1.29, 1.82) is 0 Å². The molecule has 0 aliphatic heterocycles. The Bertz CT molecular complexity index is 310. The number of nitrogens with zero attached hydrogens (tertiary/aromatic N) is 1. The van der Waals surface area contributed by atoms with Gasteiger partial charge in [-0.15, -0.1) is 0 Å². The molecule has 20 heavy (non-hydrogen) atoms. The molecule has 0 saturated carbocycles. The molecule has 0 atom stereocenters. The highest BCUT2D eigenvalue weighted by molar-refractivity contribution is 4.75. The van der Waals surface area contributed by atoms with Crippen molar-refractivity contribution in [1.82, 2.24) is 4.98 Å². The first kappa shape index (κ1) is 19.5. The number of halogens is 1. The van der Waals surface area contributed by atoms with Crippen LogP contribution in [0.15, 0.2) is 12.4 Å². The Labute approximate surface area is 131 Å². The lowest BCUT2D eigenvalue weighted by molar-refractivity contribution is -0.703. The van der Waals surface area contributed by atoms with E-state index < -0.39 is 0 Å². The summed E-state index contributed by atoms with van der Waals surface area (Å²) < 4.78 is 2.37. The van der Waals surface area contributed by atoms with E-state index in [9.17, 15) is 0 Å². The molecule has 1 aromatic rings. The van der Waals surface area contributed by atoms with E-state index in [1.165, 1.54) is 76.6 Å². The maximum atomic E-state index is 3.30. The molecule has 0 unspecified atom stereocenters. The third-order valence-corrected chi connectivity index (χ3v) is 3.94. The number of imidazole rings is 1. The molecule has 0 aromatic carbocycles. The summed E-state index contributed by atoms with van der Waals surface area (Å²) in [4.78, 5) is 3.30. The second-order valence-corrected chi connectivity index (χ2v) is 5.64. The van der Waals surface area contributed by atoms with Crippen molar-refractivity contribution in [3.05, 3.63) is 18.2 Å². The van der Waals surface area contributed by atoms with Crippen LogP contribution in [0.25, 0.3) is 0 Å². The highest BCUT2D eigenvalue weighted by Gasteiger charge is 2.06. The largest absolute Gasteiger partial charge is 1.00 e. The SMILES string of the molecule is CCCCCCCCCCCC[n+]1cc[nH]c1CC.[Cl-]. The van der Waals surface area contributed by atoms with Gasteiger partial charge in [0.05, 0.1) is 6.54 Å². The molecular weight excluding hydrogens is 268 g/mol. The Morgan fingerprint density at radius 2 is 1.40 bits per heavy atom. The summed E-state index contributed by atoms with van der Waals surface area (Å²) in [5.41, 5.74) is 0. The molecule has 0 aliphatic rings. The Hall–Kier alpha value is -0.500. The van der Waals surface area contributed by atoms with Crippen LogP contribution in [0.4, 0.5) is 0 Å². The molecule has 0 amide bonds. The van der Waals surface area contributed by atoms with Crippen LogP contribution in [0.3, 0.4) is 0 Å². The summed E-state index contributed by atoms with van der Waals surface area (Å²) in [6, 6.07) is 0. The molecule has 0 spiro atoms. The van der Waals surface area contributed by atoms with E-state index in [4.69, 9.17) is 0 Å². The number of aromatic amines is 1. The van der Waals surface area contributed by atoms with Crippen molar-refractivity contribution < 1.29 is 17.0 Å². The first-order valence-corrected chi connectivity index (χ1v) is 8.44. The van der Waals surface area contributed by atoms with Crippen LogP contribution in [0.5, 0.6) is 0 Å².